The van der Waals surface area contributed by atoms with Crippen molar-refractivity contribution < 1.29 is 0 Å². The van der Waals surface area contributed by atoms with Crippen LogP contribution in [0.5, 0.6) is 0 Å². The third-order valence-corrected chi connectivity index (χ3v) is 5.95. The first kappa shape index (κ1) is 13.5. The summed E-state index contributed by atoms with van der Waals surface area (Å²) in [5.74, 6) is 5.63. The van der Waals surface area contributed by atoms with E-state index in [0.717, 1.165) is 25.7 Å². The van der Waals surface area contributed by atoms with Crippen LogP contribution in [0.1, 0.15) is 21.4 Å². The molecule has 0 aliphatic heterocycles. The molecule has 1 atom stereocenters. The van der Waals surface area contributed by atoms with Crippen molar-refractivity contribution in [1.29, 1.82) is 0 Å². The Bertz CT molecular complexity index is 509. The fraction of sp³-hybridized carbons (Fsp3) is 0.273. The SMILES string of the molecule is Cc1csc(C(Cc2ccc(Br)s2)NN)c1Cl. The molecular weight excluding hydrogens is 340 g/mol. The molecule has 2 heterocycles. The van der Waals surface area contributed by atoms with E-state index in [2.05, 4.69) is 38.9 Å². The molecular formula is C11H12BrClN2S2. The molecule has 6 heteroatoms. The summed E-state index contributed by atoms with van der Waals surface area (Å²) in [6, 6.07) is 4.23. The van der Waals surface area contributed by atoms with Crippen LogP contribution in [0.15, 0.2) is 21.3 Å². The molecule has 0 radical (unpaired) electrons. The maximum Gasteiger partial charge on any atom is 0.0701 e. The average Bonchev–Trinajstić information content (AvgIpc) is 2.85. The highest BCUT2D eigenvalue weighted by molar-refractivity contribution is 9.11. The van der Waals surface area contributed by atoms with Gasteiger partial charge in [-0.2, -0.15) is 0 Å². The Balaban J connectivity index is 2.19. The maximum absolute atomic E-state index is 6.26. The van der Waals surface area contributed by atoms with Crippen molar-refractivity contribution in [2.24, 2.45) is 5.84 Å². The maximum atomic E-state index is 6.26. The Morgan fingerprint density at radius 1 is 1.53 bits per heavy atom. The van der Waals surface area contributed by atoms with Gasteiger partial charge in [-0.05, 0) is 45.9 Å². The molecule has 0 amide bonds. The van der Waals surface area contributed by atoms with Crippen molar-refractivity contribution in [2.75, 3.05) is 0 Å². The Hall–Kier alpha value is 0.0900. The molecule has 0 spiro atoms. The van der Waals surface area contributed by atoms with E-state index in [-0.39, 0.29) is 6.04 Å². The second-order valence-corrected chi connectivity index (χ2v) is 7.56. The number of thiophene rings is 2. The van der Waals surface area contributed by atoms with Gasteiger partial charge in [0, 0.05) is 16.2 Å². The van der Waals surface area contributed by atoms with E-state index in [1.54, 1.807) is 22.7 Å². The Morgan fingerprint density at radius 2 is 2.29 bits per heavy atom. The fourth-order valence-corrected chi connectivity index (χ4v) is 4.49. The number of hydrazine groups is 1. The first-order chi connectivity index (χ1) is 8.11. The minimum atomic E-state index is 0.0757. The first-order valence-corrected chi connectivity index (χ1v) is 7.92. The van der Waals surface area contributed by atoms with Crippen LogP contribution >= 0.6 is 50.2 Å². The van der Waals surface area contributed by atoms with Crippen molar-refractivity contribution in [3.8, 4) is 0 Å². The lowest BCUT2D eigenvalue weighted by molar-refractivity contribution is 0.564. The van der Waals surface area contributed by atoms with Crippen LogP contribution < -0.4 is 11.3 Å². The van der Waals surface area contributed by atoms with Gasteiger partial charge in [-0.25, -0.2) is 0 Å². The summed E-state index contributed by atoms with van der Waals surface area (Å²) in [4.78, 5) is 2.39. The molecule has 0 bridgehead atoms. The van der Waals surface area contributed by atoms with E-state index < -0.39 is 0 Å². The largest absolute Gasteiger partial charge is 0.271 e. The zero-order chi connectivity index (χ0) is 12.4. The molecule has 0 aliphatic carbocycles. The molecule has 0 fully saturated rings. The summed E-state index contributed by atoms with van der Waals surface area (Å²) in [6.45, 7) is 2.01. The predicted molar refractivity (Wildman–Crippen MR) is 79.9 cm³/mol. The molecule has 17 heavy (non-hydrogen) atoms. The highest BCUT2D eigenvalue weighted by Gasteiger charge is 2.18. The Kier molecular flexibility index (Phi) is 4.63. The lowest BCUT2D eigenvalue weighted by Crippen LogP contribution is -2.28. The van der Waals surface area contributed by atoms with Crippen LogP contribution in [-0.2, 0) is 6.42 Å². The highest BCUT2D eigenvalue weighted by atomic mass is 79.9. The van der Waals surface area contributed by atoms with Crippen LogP contribution in [0, 0.1) is 6.92 Å². The quantitative estimate of drug-likeness (QED) is 0.637. The third kappa shape index (κ3) is 3.10. The second-order valence-electron chi connectivity index (χ2n) is 3.73. The average molecular weight is 352 g/mol. The number of hydrogen-bond acceptors (Lipinski definition) is 4. The number of nitrogens with one attached hydrogen (secondary N) is 1. The van der Waals surface area contributed by atoms with Gasteiger partial charge in [0.1, 0.15) is 0 Å². The van der Waals surface area contributed by atoms with E-state index >= 15 is 0 Å². The first-order valence-electron chi connectivity index (χ1n) is 5.05. The van der Waals surface area contributed by atoms with Gasteiger partial charge >= 0.3 is 0 Å². The number of halogens is 2. The summed E-state index contributed by atoms with van der Waals surface area (Å²) < 4.78 is 1.14. The zero-order valence-corrected chi connectivity index (χ0v) is 13.1. The molecule has 92 valence electrons. The molecule has 2 aromatic heterocycles. The van der Waals surface area contributed by atoms with Crippen molar-refractivity contribution in [3.05, 3.63) is 41.6 Å². The molecule has 3 N–H and O–H groups in total. The van der Waals surface area contributed by atoms with Gasteiger partial charge in [0.2, 0.25) is 0 Å². The summed E-state index contributed by atoms with van der Waals surface area (Å²) in [7, 11) is 0. The summed E-state index contributed by atoms with van der Waals surface area (Å²) in [5, 5.41) is 2.89. The van der Waals surface area contributed by atoms with E-state index in [1.165, 1.54) is 4.88 Å². The molecule has 0 saturated heterocycles. The van der Waals surface area contributed by atoms with Crippen molar-refractivity contribution in [2.45, 2.75) is 19.4 Å². The van der Waals surface area contributed by atoms with Gasteiger partial charge < -0.3 is 0 Å². The van der Waals surface area contributed by atoms with Gasteiger partial charge in [0.15, 0.2) is 0 Å². The smallest absolute Gasteiger partial charge is 0.0701 e. The van der Waals surface area contributed by atoms with Gasteiger partial charge in [-0.3, -0.25) is 11.3 Å². The summed E-state index contributed by atoms with van der Waals surface area (Å²) in [6.07, 6.45) is 0.854. The monoisotopic (exact) mass is 350 g/mol. The van der Waals surface area contributed by atoms with Crippen molar-refractivity contribution in [1.82, 2.24) is 5.43 Å². The normalized spacial score (nSPS) is 12.9. The van der Waals surface area contributed by atoms with E-state index in [1.807, 2.05) is 6.92 Å². The van der Waals surface area contributed by atoms with Gasteiger partial charge in [0.25, 0.3) is 0 Å². The molecule has 2 nitrogen and oxygen atoms in total. The number of nitrogens with two attached hydrogens (primary N) is 1. The number of rotatable bonds is 4. The Labute approximate surface area is 122 Å². The van der Waals surface area contributed by atoms with Crippen LogP contribution in [0.3, 0.4) is 0 Å². The second kappa shape index (κ2) is 5.82. The topological polar surface area (TPSA) is 38.0 Å². The summed E-state index contributed by atoms with van der Waals surface area (Å²) in [5.41, 5.74) is 3.96. The van der Waals surface area contributed by atoms with Crippen LogP contribution in [0.25, 0.3) is 0 Å². The predicted octanol–water partition coefficient (Wildman–Crippen LogP) is 4.28. The zero-order valence-electron chi connectivity index (χ0n) is 9.17. The lowest BCUT2D eigenvalue weighted by atomic mass is 10.1. The molecule has 2 rings (SSSR count). The minimum Gasteiger partial charge on any atom is -0.271 e. The van der Waals surface area contributed by atoms with E-state index in [4.69, 9.17) is 17.4 Å². The van der Waals surface area contributed by atoms with Gasteiger partial charge in [-0.1, -0.05) is 11.6 Å². The fourth-order valence-electron chi connectivity index (χ4n) is 1.57. The van der Waals surface area contributed by atoms with Crippen LogP contribution in [-0.4, -0.2) is 0 Å². The van der Waals surface area contributed by atoms with Crippen molar-refractivity contribution in [3.63, 3.8) is 0 Å². The highest BCUT2D eigenvalue weighted by Crippen LogP contribution is 2.35. The van der Waals surface area contributed by atoms with Crippen LogP contribution in [0.2, 0.25) is 5.02 Å². The molecule has 0 saturated carbocycles. The number of aryl methyl sites for hydroxylation is 1. The van der Waals surface area contributed by atoms with Gasteiger partial charge in [0.05, 0.1) is 14.9 Å². The molecule has 0 aliphatic rings. The van der Waals surface area contributed by atoms with E-state index in [9.17, 15) is 0 Å². The van der Waals surface area contributed by atoms with Gasteiger partial charge in [-0.15, -0.1) is 22.7 Å². The summed E-state index contributed by atoms with van der Waals surface area (Å²) >= 11 is 13.1. The minimum absolute atomic E-state index is 0.0757. The van der Waals surface area contributed by atoms with E-state index in [0.29, 0.717) is 0 Å². The third-order valence-electron chi connectivity index (χ3n) is 2.48. The molecule has 0 aromatic carbocycles. The standard InChI is InChI=1S/C11H12BrClN2S2/c1-6-5-16-11(10(6)13)8(15-14)4-7-2-3-9(12)17-7/h2-3,5,8,15H,4,14H2,1H3. The molecule has 1 unspecified atom stereocenters. The van der Waals surface area contributed by atoms with Crippen molar-refractivity contribution >= 4 is 50.2 Å². The number of hydrogen-bond donors (Lipinski definition) is 2. The van der Waals surface area contributed by atoms with Crippen LogP contribution in [0.4, 0.5) is 0 Å². The Morgan fingerprint density at radius 3 is 2.76 bits per heavy atom. The lowest BCUT2D eigenvalue weighted by Gasteiger charge is -2.13. The molecule has 2 aromatic rings.